The highest BCUT2D eigenvalue weighted by atomic mass is 16.5. The van der Waals surface area contributed by atoms with Crippen LogP contribution in [0.15, 0.2) is 0 Å². The standard InChI is InChI=1S/C11H22O2/c1-6-9(12)10(13-7-2)8-11(3,4)5/h10H,6-8H2,1-5H3. The van der Waals surface area contributed by atoms with Crippen LogP contribution in [0.4, 0.5) is 0 Å². The lowest BCUT2D eigenvalue weighted by Gasteiger charge is -2.24. The van der Waals surface area contributed by atoms with Gasteiger partial charge in [-0.25, -0.2) is 0 Å². The first-order valence-electron chi connectivity index (χ1n) is 5.05. The van der Waals surface area contributed by atoms with Gasteiger partial charge in [-0.2, -0.15) is 0 Å². The van der Waals surface area contributed by atoms with Crippen molar-refractivity contribution in [1.29, 1.82) is 0 Å². The molecule has 0 aromatic carbocycles. The Morgan fingerprint density at radius 1 is 1.31 bits per heavy atom. The zero-order chi connectivity index (χ0) is 10.5. The summed E-state index contributed by atoms with van der Waals surface area (Å²) >= 11 is 0. The first-order chi connectivity index (χ1) is 5.90. The summed E-state index contributed by atoms with van der Waals surface area (Å²) < 4.78 is 5.42. The third kappa shape index (κ3) is 5.81. The van der Waals surface area contributed by atoms with E-state index in [1.807, 2.05) is 13.8 Å². The monoisotopic (exact) mass is 186 g/mol. The Bertz CT molecular complexity index is 156. The van der Waals surface area contributed by atoms with E-state index >= 15 is 0 Å². The van der Waals surface area contributed by atoms with Gasteiger partial charge < -0.3 is 4.74 Å². The van der Waals surface area contributed by atoms with Crippen molar-refractivity contribution in [2.45, 2.75) is 53.6 Å². The van der Waals surface area contributed by atoms with Crippen molar-refractivity contribution < 1.29 is 9.53 Å². The van der Waals surface area contributed by atoms with Crippen LogP contribution in [-0.2, 0) is 9.53 Å². The van der Waals surface area contributed by atoms with Crippen LogP contribution >= 0.6 is 0 Å². The SMILES string of the molecule is CCOC(CC(C)(C)C)C(=O)CC. The van der Waals surface area contributed by atoms with Gasteiger partial charge in [0, 0.05) is 13.0 Å². The van der Waals surface area contributed by atoms with Gasteiger partial charge in [-0.15, -0.1) is 0 Å². The molecule has 2 nitrogen and oxygen atoms in total. The fraction of sp³-hybridized carbons (Fsp3) is 0.909. The summed E-state index contributed by atoms with van der Waals surface area (Å²) in [6.45, 7) is 10.8. The second kappa shape index (κ2) is 5.38. The highest BCUT2D eigenvalue weighted by Crippen LogP contribution is 2.23. The summed E-state index contributed by atoms with van der Waals surface area (Å²) in [5.74, 6) is 0.219. The largest absolute Gasteiger partial charge is 0.371 e. The lowest BCUT2D eigenvalue weighted by Crippen LogP contribution is -2.28. The lowest BCUT2D eigenvalue weighted by molar-refractivity contribution is -0.131. The number of carbonyl (C=O) groups is 1. The van der Waals surface area contributed by atoms with Gasteiger partial charge in [0.15, 0.2) is 5.78 Å². The maximum absolute atomic E-state index is 11.5. The van der Waals surface area contributed by atoms with E-state index in [-0.39, 0.29) is 17.3 Å². The van der Waals surface area contributed by atoms with Crippen LogP contribution in [0.2, 0.25) is 0 Å². The Morgan fingerprint density at radius 2 is 1.85 bits per heavy atom. The van der Waals surface area contributed by atoms with E-state index in [1.54, 1.807) is 0 Å². The van der Waals surface area contributed by atoms with Crippen LogP contribution in [0, 0.1) is 5.41 Å². The number of hydrogen-bond donors (Lipinski definition) is 0. The summed E-state index contributed by atoms with van der Waals surface area (Å²) in [7, 11) is 0. The highest BCUT2D eigenvalue weighted by Gasteiger charge is 2.23. The van der Waals surface area contributed by atoms with Gasteiger partial charge >= 0.3 is 0 Å². The molecule has 0 N–H and O–H groups in total. The van der Waals surface area contributed by atoms with E-state index in [0.29, 0.717) is 13.0 Å². The van der Waals surface area contributed by atoms with Crippen molar-refractivity contribution in [2.24, 2.45) is 5.41 Å². The van der Waals surface area contributed by atoms with E-state index < -0.39 is 0 Å². The van der Waals surface area contributed by atoms with E-state index in [9.17, 15) is 4.79 Å². The van der Waals surface area contributed by atoms with Crippen molar-refractivity contribution in [3.8, 4) is 0 Å². The maximum atomic E-state index is 11.5. The molecule has 0 saturated heterocycles. The minimum atomic E-state index is -0.199. The molecule has 0 aliphatic heterocycles. The minimum Gasteiger partial charge on any atom is -0.371 e. The summed E-state index contributed by atoms with van der Waals surface area (Å²) in [4.78, 5) is 11.5. The number of rotatable bonds is 5. The molecule has 0 spiro atoms. The Labute approximate surface area is 81.7 Å². The van der Waals surface area contributed by atoms with Crippen molar-refractivity contribution in [1.82, 2.24) is 0 Å². The van der Waals surface area contributed by atoms with Crippen molar-refractivity contribution in [3.05, 3.63) is 0 Å². The molecule has 0 saturated carbocycles. The Kier molecular flexibility index (Phi) is 5.23. The Hall–Kier alpha value is -0.370. The van der Waals surface area contributed by atoms with Gasteiger partial charge in [0.2, 0.25) is 0 Å². The van der Waals surface area contributed by atoms with Crippen molar-refractivity contribution in [2.75, 3.05) is 6.61 Å². The minimum absolute atomic E-state index is 0.157. The quantitative estimate of drug-likeness (QED) is 0.660. The second-order valence-electron chi connectivity index (χ2n) is 4.53. The smallest absolute Gasteiger partial charge is 0.161 e. The van der Waals surface area contributed by atoms with Crippen LogP contribution in [0.5, 0.6) is 0 Å². The average Bonchev–Trinajstić information content (AvgIpc) is 2.00. The second-order valence-corrected chi connectivity index (χ2v) is 4.53. The Balaban J connectivity index is 4.17. The number of ether oxygens (including phenoxy) is 1. The third-order valence-electron chi connectivity index (χ3n) is 1.87. The molecule has 2 heteroatoms. The summed E-state index contributed by atoms with van der Waals surface area (Å²) in [5, 5.41) is 0. The van der Waals surface area contributed by atoms with Gasteiger partial charge in [-0.3, -0.25) is 4.79 Å². The first-order valence-corrected chi connectivity index (χ1v) is 5.05. The van der Waals surface area contributed by atoms with Gasteiger partial charge in [-0.1, -0.05) is 27.7 Å². The van der Waals surface area contributed by atoms with Gasteiger partial charge in [0.1, 0.15) is 6.10 Å². The molecule has 78 valence electrons. The summed E-state index contributed by atoms with van der Waals surface area (Å²) in [6, 6.07) is 0. The summed E-state index contributed by atoms with van der Waals surface area (Å²) in [6.07, 6.45) is 1.18. The molecule has 1 unspecified atom stereocenters. The van der Waals surface area contributed by atoms with E-state index in [0.717, 1.165) is 6.42 Å². The van der Waals surface area contributed by atoms with Gasteiger partial charge in [0.05, 0.1) is 0 Å². The normalized spacial score (nSPS) is 14.2. The summed E-state index contributed by atoms with van der Waals surface area (Å²) in [5.41, 5.74) is 0.157. The zero-order valence-corrected chi connectivity index (χ0v) is 9.52. The molecule has 0 bridgehead atoms. The van der Waals surface area contributed by atoms with E-state index in [1.165, 1.54) is 0 Å². The number of Topliss-reactive ketones (excluding diaryl/α,β-unsaturated/α-hetero) is 1. The van der Waals surface area contributed by atoms with Crippen LogP contribution in [0.1, 0.15) is 47.5 Å². The predicted molar refractivity (Wildman–Crippen MR) is 54.8 cm³/mol. The predicted octanol–water partition coefficient (Wildman–Crippen LogP) is 2.81. The molecule has 0 aromatic rings. The molecular formula is C11H22O2. The number of ketones is 1. The topological polar surface area (TPSA) is 26.3 Å². The van der Waals surface area contributed by atoms with Crippen LogP contribution in [0.3, 0.4) is 0 Å². The third-order valence-corrected chi connectivity index (χ3v) is 1.87. The van der Waals surface area contributed by atoms with Crippen LogP contribution < -0.4 is 0 Å². The zero-order valence-electron chi connectivity index (χ0n) is 9.52. The molecule has 0 aromatic heterocycles. The van der Waals surface area contributed by atoms with Crippen LogP contribution in [0.25, 0.3) is 0 Å². The van der Waals surface area contributed by atoms with Crippen molar-refractivity contribution >= 4 is 5.78 Å². The molecule has 0 aliphatic rings. The van der Waals surface area contributed by atoms with E-state index in [2.05, 4.69) is 20.8 Å². The van der Waals surface area contributed by atoms with Gasteiger partial charge in [-0.05, 0) is 18.8 Å². The Morgan fingerprint density at radius 3 is 2.15 bits per heavy atom. The molecule has 0 rings (SSSR count). The number of hydrogen-bond acceptors (Lipinski definition) is 2. The molecule has 0 radical (unpaired) electrons. The molecule has 0 aliphatic carbocycles. The number of carbonyl (C=O) groups excluding carboxylic acids is 1. The molecule has 0 heterocycles. The highest BCUT2D eigenvalue weighted by molar-refractivity contribution is 5.82. The fourth-order valence-corrected chi connectivity index (χ4v) is 1.25. The van der Waals surface area contributed by atoms with Crippen LogP contribution in [-0.4, -0.2) is 18.5 Å². The molecule has 0 amide bonds. The fourth-order valence-electron chi connectivity index (χ4n) is 1.25. The maximum Gasteiger partial charge on any atom is 0.161 e. The molecule has 13 heavy (non-hydrogen) atoms. The van der Waals surface area contributed by atoms with Crippen molar-refractivity contribution in [3.63, 3.8) is 0 Å². The lowest BCUT2D eigenvalue weighted by atomic mass is 9.87. The molecular weight excluding hydrogens is 164 g/mol. The first kappa shape index (κ1) is 12.6. The molecule has 0 fully saturated rings. The van der Waals surface area contributed by atoms with E-state index in [4.69, 9.17) is 4.74 Å². The average molecular weight is 186 g/mol. The molecule has 1 atom stereocenters. The van der Waals surface area contributed by atoms with Gasteiger partial charge in [0.25, 0.3) is 0 Å².